The fourth-order valence-electron chi connectivity index (χ4n) is 0.841. The molecule has 0 N–H and O–H groups in total. The van der Waals surface area contributed by atoms with Crippen LogP contribution in [0.2, 0.25) is 0 Å². The van der Waals surface area contributed by atoms with Gasteiger partial charge in [0.15, 0.2) is 18.1 Å². The van der Waals surface area contributed by atoms with Crippen molar-refractivity contribution >= 4 is 0 Å². The van der Waals surface area contributed by atoms with Crippen LogP contribution in [0.1, 0.15) is 5.69 Å². The molecule has 0 saturated carbocycles. The number of ether oxygens (including phenoxy) is 1. The molecule has 92 valence electrons. The third-order valence-electron chi connectivity index (χ3n) is 1.70. The molecule has 1 heterocycles. The van der Waals surface area contributed by atoms with Crippen molar-refractivity contribution in [3.05, 3.63) is 24.0 Å². The van der Waals surface area contributed by atoms with Crippen LogP contribution in [0.15, 0.2) is 18.3 Å². The van der Waals surface area contributed by atoms with Gasteiger partial charge in [-0.05, 0) is 12.1 Å². The molecule has 0 aliphatic rings. The zero-order chi connectivity index (χ0) is 13.1. The highest BCUT2D eigenvalue weighted by Gasteiger charge is 2.58. The van der Waals surface area contributed by atoms with Gasteiger partial charge in [0.2, 0.25) is 0 Å². The van der Waals surface area contributed by atoms with Gasteiger partial charge in [0, 0.05) is 6.20 Å². The van der Waals surface area contributed by atoms with Gasteiger partial charge in [-0.2, -0.15) is 27.2 Å². The maximum atomic E-state index is 12.5. The lowest BCUT2D eigenvalue weighted by atomic mass is 10.3. The third-order valence-corrected chi connectivity index (χ3v) is 1.70. The summed E-state index contributed by atoms with van der Waals surface area (Å²) in [6, 6.07) is 3.84. The Bertz CT molecular complexity index is 438. The average Bonchev–Trinajstić information content (AvgIpc) is 2.25. The van der Waals surface area contributed by atoms with Crippen LogP contribution in [-0.4, -0.2) is 23.7 Å². The highest BCUT2D eigenvalue weighted by molar-refractivity contribution is 5.36. The summed E-state index contributed by atoms with van der Waals surface area (Å²) < 4.78 is 64.7. The first-order valence-corrected chi connectivity index (χ1v) is 4.20. The van der Waals surface area contributed by atoms with Crippen LogP contribution in [0.5, 0.6) is 5.75 Å². The van der Waals surface area contributed by atoms with E-state index in [1.165, 1.54) is 18.3 Å². The van der Waals surface area contributed by atoms with Crippen LogP contribution in [-0.2, 0) is 0 Å². The average molecular weight is 252 g/mol. The summed E-state index contributed by atoms with van der Waals surface area (Å²) in [5, 5.41) is 8.51. The smallest absolute Gasteiger partial charge is 0.456 e. The molecular weight excluding hydrogens is 247 g/mol. The molecule has 0 unspecified atom stereocenters. The van der Waals surface area contributed by atoms with Crippen LogP contribution in [0.4, 0.5) is 22.0 Å². The van der Waals surface area contributed by atoms with Gasteiger partial charge in [0.05, 0.1) is 0 Å². The summed E-state index contributed by atoms with van der Waals surface area (Å²) in [5.74, 6) is -5.39. The van der Waals surface area contributed by atoms with Crippen molar-refractivity contribution < 1.29 is 26.7 Å². The Kier molecular flexibility index (Phi) is 3.50. The number of alkyl halides is 5. The molecule has 1 rings (SSSR count). The molecule has 0 atom stereocenters. The Hall–Kier alpha value is -1.91. The normalized spacial score (nSPS) is 12.0. The van der Waals surface area contributed by atoms with Gasteiger partial charge < -0.3 is 4.74 Å². The summed E-state index contributed by atoms with van der Waals surface area (Å²) in [4.78, 5) is 3.45. The highest BCUT2D eigenvalue weighted by Crippen LogP contribution is 2.35. The Morgan fingerprint density at radius 1 is 1.29 bits per heavy atom. The van der Waals surface area contributed by atoms with Crippen molar-refractivity contribution in [3.63, 3.8) is 0 Å². The van der Waals surface area contributed by atoms with Crippen molar-refractivity contribution in [2.75, 3.05) is 6.61 Å². The molecule has 0 aromatic carbocycles. The van der Waals surface area contributed by atoms with E-state index in [4.69, 9.17) is 5.26 Å². The Morgan fingerprint density at radius 2 is 1.94 bits per heavy atom. The van der Waals surface area contributed by atoms with E-state index >= 15 is 0 Å². The van der Waals surface area contributed by atoms with Crippen LogP contribution >= 0.6 is 0 Å². The first kappa shape index (κ1) is 13.2. The van der Waals surface area contributed by atoms with Crippen molar-refractivity contribution in [3.8, 4) is 11.8 Å². The zero-order valence-corrected chi connectivity index (χ0v) is 8.13. The first-order chi connectivity index (χ1) is 7.78. The second-order valence-electron chi connectivity index (χ2n) is 2.95. The Morgan fingerprint density at radius 3 is 2.47 bits per heavy atom. The Labute approximate surface area is 92.4 Å². The molecule has 0 radical (unpaired) electrons. The SMILES string of the molecule is N#Cc1ncccc1OCC(F)(F)C(F)(F)F. The van der Waals surface area contributed by atoms with Gasteiger partial charge in [-0.1, -0.05) is 0 Å². The van der Waals surface area contributed by atoms with Crippen LogP contribution in [0.25, 0.3) is 0 Å². The molecule has 0 aliphatic carbocycles. The topological polar surface area (TPSA) is 45.9 Å². The largest absolute Gasteiger partial charge is 0.484 e. The molecule has 0 aliphatic heterocycles. The molecule has 0 amide bonds. The number of rotatable bonds is 3. The quantitative estimate of drug-likeness (QED) is 0.776. The van der Waals surface area contributed by atoms with Crippen molar-refractivity contribution in [2.45, 2.75) is 12.1 Å². The van der Waals surface area contributed by atoms with Crippen molar-refractivity contribution in [1.29, 1.82) is 5.26 Å². The monoisotopic (exact) mass is 252 g/mol. The standard InChI is InChI=1S/C9H5F5N2O/c10-8(11,9(12,13)14)5-17-7-2-1-3-16-6(7)4-15/h1-3H,5H2. The summed E-state index contributed by atoms with van der Waals surface area (Å²) in [6.45, 7) is -1.89. The van der Waals surface area contributed by atoms with E-state index in [1.54, 1.807) is 0 Å². The molecule has 0 bridgehead atoms. The molecule has 0 saturated heterocycles. The second kappa shape index (κ2) is 4.53. The minimum absolute atomic E-state index is 0.356. The highest BCUT2D eigenvalue weighted by atomic mass is 19.4. The number of nitrogens with zero attached hydrogens (tertiary/aromatic N) is 2. The molecule has 1 aromatic rings. The number of nitriles is 1. The minimum atomic E-state index is -5.69. The number of hydrogen-bond acceptors (Lipinski definition) is 3. The van der Waals surface area contributed by atoms with Crippen molar-refractivity contribution in [1.82, 2.24) is 4.98 Å². The van der Waals surface area contributed by atoms with E-state index in [0.29, 0.717) is 0 Å². The van der Waals surface area contributed by atoms with Gasteiger partial charge in [-0.3, -0.25) is 0 Å². The first-order valence-electron chi connectivity index (χ1n) is 4.20. The summed E-state index contributed by atoms with van der Waals surface area (Å²) in [5.41, 5.74) is -0.356. The molecule has 0 fully saturated rings. The summed E-state index contributed by atoms with van der Waals surface area (Å²) in [7, 11) is 0. The third kappa shape index (κ3) is 3.03. The number of pyridine rings is 1. The summed E-state index contributed by atoms with van der Waals surface area (Å²) >= 11 is 0. The molecule has 3 nitrogen and oxygen atoms in total. The van der Waals surface area contributed by atoms with Gasteiger partial charge in [-0.25, -0.2) is 4.98 Å². The lowest BCUT2D eigenvalue weighted by molar-refractivity contribution is -0.290. The fraction of sp³-hybridized carbons (Fsp3) is 0.333. The predicted octanol–water partition coefficient (Wildman–Crippen LogP) is 2.53. The fourth-order valence-corrected chi connectivity index (χ4v) is 0.841. The van der Waals surface area contributed by atoms with E-state index in [0.717, 1.165) is 6.07 Å². The lowest BCUT2D eigenvalue weighted by Crippen LogP contribution is -2.41. The second-order valence-corrected chi connectivity index (χ2v) is 2.95. The molecular formula is C9H5F5N2O. The number of hydrogen-bond donors (Lipinski definition) is 0. The number of halogens is 5. The van der Waals surface area contributed by atoms with E-state index < -0.39 is 24.5 Å². The molecule has 17 heavy (non-hydrogen) atoms. The van der Waals surface area contributed by atoms with Gasteiger partial charge in [0.25, 0.3) is 0 Å². The van der Waals surface area contributed by atoms with E-state index in [1.807, 2.05) is 0 Å². The minimum Gasteiger partial charge on any atom is -0.484 e. The van der Waals surface area contributed by atoms with Gasteiger partial charge in [-0.15, -0.1) is 0 Å². The van der Waals surface area contributed by atoms with Crippen LogP contribution < -0.4 is 4.74 Å². The van der Waals surface area contributed by atoms with E-state index in [2.05, 4.69) is 9.72 Å². The van der Waals surface area contributed by atoms with E-state index in [9.17, 15) is 22.0 Å². The maximum absolute atomic E-state index is 12.5. The van der Waals surface area contributed by atoms with Gasteiger partial charge >= 0.3 is 12.1 Å². The Balaban J connectivity index is 2.78. The van der Waals surface area contributed by atoms with Crippen LogP contribution in [0.3, 0.4) is 0 Å². The molecule has 0 spiro atoms. The summed E-state index contributed by atoms with van der Waals surface area (Å²) in [6.07, 6.45) is -4.50. The predicted molar refractivity (Wildman–Crippen MR) is 45.4 cm³/mol. The molecule has 8 heteroatoms. The number of aromatic nitrogens is 1. The molecule has 1 aromatic heterocycles. The lowest BCUT2D eigenvalue weighted by Gasteiger charge is -2.19. The van der Waals surface area contributed by atoms with Crippen molar-refractivity contribution in [2.24, 2.45) is 0 Å². The van der Waals surface area contributed by atoms with Gasteiger partial charge in [0.1, 0.15) is 6.07 Å². The zero-order valence-electron chi connectivity index (χ0n) is 8.13. The van der Waals surface area contributed by atoms with Crippen LogP contribution in [0, 0.1) is 11.3 Å². The van der Waals surface area contributed by atoms with E-state index in [-0.39, 0.29) is 5.69 Å². The maximum Gasteiger partial charge on any atom is 0.456 e.